The average molecular weight is 320 g/mol. The Bertz CT molecular complexity index is 78.4. The molecule has 1 aliphatic carbocycles. The zero-order valence-corrected chi connectivity index (χ0v) is 8.55. The van der Waals surface area contributed by atoms with E-state index < -0.39 is 16.5 Å². The Labute approximate surface area is 65.9 Å². The summed E-state index contributed by atoms with van der Waals surface area (Å²) in [6.07, 6.45) is 10.0. The second-order valence-electron chi connectivity index (χ2n) is 1.06. The number of allylic oxidation sites excluding steroid dienone is 4. The quantitative estimate of drug-likeness (QED) is 0.602. The van der Waals surface area contributed by atoms with Crippen LogP contribution in [0.5, 0.6) is 0 Å². The minimum absolute atomic E-state index is 0.806. The predicted octanol–water partition coefficient (Wildman–Crippen LogP) is 2.68. The van der Waals surface area contributed by atoms with Crippen LogP contribution in [-0.4, -0.2) is 0 Å². The molecule has 0 aliphatic heterocycles. The van der Waals surface area contributed by atoms with Crippen molar-refractivity contribution in [2.45, 2.75) is 6.42 Å². The first kappa shape index (κ1) is 8.75. The van der Waals surface area contributed by atoms with Crippen molar-refractivity contribution in [2.75, 3.05) is 0 Å². The molecule has 0 saturated carbocycles. The van der Waals surface area contributed by atoms with Crippen LogP contribution in [0, 0.1) is 6.08 Å². The van der Waals surface area contributed by atoms with Crippen molar-refractivity contribution in [3.05, 3.63) is 24.3 Å². The molecule has 46 valence electrons. The molecule has 1 rings (SSSR count). The third kappa shape index (κ3) is 6.75. The second kappa shape index (κ2) is 7.75. The molecule has 0 aromatic rings. The fraction of sp³-hybridized carbons (Fsp3) is 0.200. The van der Waals surface area contributed by atoms with Crippen LogP contribution < -0.4 is 0 Å². The van der Waals surface area contributed by atoms with Crippen molar-refractivity contribution >= 4 is 18.8 Å². The van der Waals surface area contributed by atoms with E-state index in [1.54, 1.807) is 0 Å². The first-order chi connectivity index (χ1) is 3.91. The van der Waals surface area contributed by atoms with Gasteiger partial charge in [-0.15, -0.1) is 6.42 Å². The number of hydrogen-bond donors (Lipinski definition) is 0. The molecule has 0 amide bonds. The maximum absolute atomic E-state index is 4.93. The summed E-state index contributed by atoms with van der Waals surface area (Å²) in [7, 11) is 9.86. The van der Waals surface area contributed by atoms with Gasteiger partial charge < -0.3 is 0 Å². The van der Waals surface area contributed by atoms with E-state index in [0.717, 1.165) is 6.42 Å². The standard InChI is InChI=1S/C5H5.2ClH.W/c1-2-4-5-3-1;;;/h1-3H,4H2;2*1H;/q-1;;;+2/p-2. The Kier molecular flexibility index (Phi) is 8.47. The molecule has 0 spiro atoms. The summed E-state index contributed by atoms with van der Waals surface area (Å²) in [4.78, 5) is 0. The topological polar surface area (TPSA) is 0 Å². The molecule has 0 atom stereocenters. The third-order valence-corrected chi connectivity index (χ3v) is 0.586. The van der Waals surface area contributed by atoms with E-state index in [1.165, 1.54) is 0 Å². The van der Waals surface area contributed by atoms with Crippen LogP contribution >= 0.6 is 18.8 Å². The Morgan fingerprint density at radius 1 is 1.50 bits per heavy atom. The van der Waals surface area contributed by atoms with Crippen LogP contribution in [0.3, 0.4) is 0 Å². The van der Waals surface area contributed by atoms with E-state index in [1.807, 2.05) is 12.2 Å². The molecule has 0 heterocycles. The van der Waals surface area contributed by atoms with Crippen LogP contribution in [-0.2, 0) is 16.5 Å². The molecular weight excluding hydrogens is 315 g/mol. The third-order valence-electron chi connectivity index (χ3n) is 0.586. The molecule has 0 unspecified atom stereocenters. The van der Waals surface area contributed by atoms with E-state index in [4.69, 9.17) is 18.8 Å². The normalized spacial score (nSPS) is 13.2. The van der Waals surface area contributed by atoms with Gasteiger partial charge in [0, 0.05) is 0 Å². The summed E-state index contributed by atoms with van der Waals surface area (Å²) >= 11 is -0.806. The molecule has 0 radical (unpaired) electrons. The summed E-state index contributed by atoms with van der Waals surface area (Å²) in [5.41, 5.74) is 0. The van der Waals surface area contributed by atoms with Crippen LogP contribution in [0.2, 0.25) is 0 Å². The maximum atomic E-state index is 4.93. The summed E-state index contributed by atoms with van der Waals surface area (Å²) in [6.45, 7) is 0. The first-order valence-corrected chi connectivity index (χ1v) is 9.30. The molecule has 0 aromatic carbocycles. The van der Waals surface area contributed by atoms with E-state index in [-0.39, 0.29) is 0 Å². The minimum atomic E-state index is -0.806. The molecule has 0 aromatic heterocycles. The predicted molar refractivity (Wildman–Crippen MR) is 33.3 cm³/mol. The molecule has 8 heavy (non-hydrogen) atoms. The van der Waals surface area contributed by atoms with Gasteiger partial charge in [0.05, 0.1) is 0 Å². The van der Waals surface area contributed by atoms with Gasteiger partial charge >= 0.3 is 35.3 Å². The molecule has 0 saturated heterocycles. The van der Waals surface area contributed by atoms with Crippen LogP contribution in [0.4, 0.5) is 0 Å². The van der Waals surface area contributed by atoms with Crippen molar-refractivity contribution < 1.29 is 16.5 Å². The van der Waals surface area contributed by atoms with Crippen molar-refractivity contribution in [3.63, 3.8) is 0 Å². The fourth-order valence-corrected chi connectivity index (χ4v) is 0.340. The van der Waals surface area contributed by atoms with Crippen LogP contribution in [0.25, 0.3) is 0 Å². The van der Waals surface area contributed by atoms with Gasteiger partial charge in [-0.1, -0.05) is 0 Å². The van der Waals surface area contributed by atoms with E-state index >= 15 is 0 Å². The monoisotopic (exact) mass is 319 g/mol. The molecule has 0 N–H and O–H groups in total. The van der Waals surface area contributed by atoms with Gasteiger partial charge in [-0.25, -0.2) is 12.2 Å². The van der Waals surface area contributed by atoms with Gasteiger partial charge in [0.2, 0.25) is 0 Å². The first-order valence-electron chi connectivity index (χ1n) is 2.03. The Balaban J connectivity index is 0.000000145. The molecule has 0 nitrogen and oxygen atoms in total. The van der Waals surface area contributed by atoms with Gasteiger partial charge in [0.15, 0.2) is 0 Å². The van der Waals surface area contributed by atoms with Crippen molar-refractivity contribution in [3.8, 4) is 0 Å². The zero-order valence-electron chi connectivity index (χ0n) is 4.10. The Morgan fingerprint density at radius 2 is 2.12 bits per heavy atom. The molecule has 0 fully saturated rings. The molecule has 1 aliphatic rings. The van der Waals surface area contributed by atoms with E-state index in [2.05, 4.69) is 12.2 Å². The Morgan fingerprint density at radius 3 is 2.25 bits per heavy atom. The van der Waals surface area contributed by atoms with Gasteiger partial charge in [0.1, 0.15) is 0 Å². The van der Waals surface area contributed by atoms with Gasteiger partial charge in [-0.3, -0.25) is 6.08 Å². The van der Waals surface area contributed by atoms with Crippen molar-refractivity contribution in [1.29, 1.82) is 0 Å². The summed E-state index contributed by atoms with van der Waals surface area (Å²) < 4.78 is 0. The molecular formula is C5H5Cl2W-. The second-order valence-corrected chi connectivity index (χ2v) is 5.30. The van der Waals surface area contributed by atoms with E-state index in [9.17, 15) is 0 Å². The van der Waals surface area contributed by atoms with Gasteiger partial charge in [-0.05, 0) is 0 Å². The van der Waals surface area contributed by atoms with Crippen LogP contribution in [0.1, 0.15) is 6.42 Å². The molecule has 0 bridgehead atoms. The average Bonchev–Trinajstić information content (AvgIpc) is 2.17. The summed E-state index contributed by atoms with van der Waals surface area (Å²) in [5, 5.41) is 0. The van der Waals surface area contributed by atoms with Crippen molar-refractivity contribution in [2.24, 2.45) is 0 Å². The Hall–Kier alpha value is 0.748. The zero-order chi connectivity index (χ0) is 6.24. The number of rotatable bonds is 0. The molecule has 3 heteroatoms. The van der Waals surface area contributed by atoms with Crippen molar-refractivity contribution in [1.82, 2.24) is 0 Å². The summed E-state index contributed by atoms with van der Waals surface area (Å²) in [6, 6.07) is 0. The SMILES string of the molecule is [C-]1=CC=CC1.[Cl][W][Cl]. The number of hydrogen-bond acceptors (Lipinski definition) is 0. The summed E-state index contributed by atoms with van der Waals surface area (Å²) in [5.74, 6) is 0. The van der Waals surface area contributed by atoms with E-state index in [0.29, 0.717) is 0 Å². The fourth-order valence-electron chi connectivity index (χ4n) is 0.340. The number of halogens is 2. The van der Waals surface area contributed by atoms with Crippen LogP contribution in [0.15, 0.2) is 18.2 Å². The van der Waals surface area contributed by atoms with Gasteiger partial charge in [0.25, 0.3) is 0 Å². The van der Waals surface area contributed by atoms with Gasteiger partial charge in [-0.2, -0.15) is 6.08 Å².